The zero-order valence-corrected chi connectivity index (χ0v) is 8.82. The summed E-state index contributed by atoms with van der Waals surface area (Å²) in [5.41, 5.74) is 6.34. The number of aromatic nitrogens is 3. The summed E-state index contributed by atoms with van der Waals surface area (Å²) in [6, 6.07) is 9.65. The fraction of sp³-hybridized carbons (Fsp3) is 0.273. The molecule has 0 saturated carbocycles. The fourth-order valence-electron chi connectivity index (χ4n) is 1.55. The molecule has 0 saturated heterocycles. The molecule has 0 aliphatic rings. The Kier molecular flexibility index (Phi) is 3.28. The van der Waals surface area contributed by atoms with Gasteiger partial charge in [0.2, 0.25) is 0 Å². The van der Waals surface area contributed by atoms with Crippen LogP contribution in [-0.4, -0.2) is 26.4 Å². The number of para-hydroxylation sites is 1. The van der Waals surface area contributed by atoms with E-state index in [1.807, 2.05) is 30.3 Å². The second-order valence-corrected chi connectivity index (χ2v) is 3.49. The van der Waals surface area contributed by atoms with Crippen molar-refractivity contribution in [2.45, 2.75) is 12.5 Å². The predicted molar refractivity (Wildman–Crippen MR) is 60.0 cm³/mol. The minimum Gasteiger partial charge on any atom is -0.385 e. The maximum absolute atomic E-state index is 9.85. The van der Waals surface area contributed by atoms with Crippen molar-refractivity contribution in [3.05, 3.63) is 42.5 Å². The Hall–Kier alpha value is -1.72. The Morgan fingerprint density at radius 1 is 1.31 bits per heavy atom. The molecule has 1 unspecified atom stereocenters. The zero-order chi connectivity index (χ0) is 11.4. The first-order chi connectivity index (χ1) is 7.83. The van der Waals surface area contributed by atoms with E-state index in [9.17, 15) is 5.11 Å². The van der Waals surface area contributed by atoms with E-state index in [0.29, 0.717) is 18.8 Å². The summed E-state index contributed by atoms with van der Waals surface area (Å²) in [4.78, 5) is 0. The Morgan fingerprint density at radius 3 is 2.75 bits per heavy atom. The second-order valence-electron chi connectivity index (χ2n) is 3.49. The molecule has 1 atom stereocenters. The summed E-state index contributed by atoms with van der Waals surface area (Å²) in [7, 11) is 0. The molecule has 0 bridgehead atoms. The topological polar surface area (TPSA) is 77.0 Å². The first-order valence-corrected chi connectivity index (χ1v) is 5.16. The lowest BCUT2D eigenvalue weighted by Crippen LogP contribution is -2.11. The molecule has 3 N–H and O–H groups in total. The standard InChI is InChI=1S/C11H14N4O/c12-7-6-10(16)11-14-13-8-15(11)9-4-2-1-3-5-9/h1-5,8,10,16H,6-7,12H2. The summed E-state index contributed by atoms with van der Waals surface area (Å²) in [6.07, 6.45) is 1.39. The zero-order valence-electron chi connectivity index (χ0n) is 8.82. The fourth-order valence-corrected chi connectivity index (χ4v) is 1.55. The molecule has 2 aromatic rings. The summed E-state index contributed by atoms with van der Waals surface area (Å²) in [5, 5.41) is 17.6. The second kappa shape index (κ2) is 4.87. The van der Waals surface area contributed by atoms with Crippen LogP contribution in [0.25, 0.3) is 5.69 Å². The SMILES string of the molecule is NCCC(O)c1nncn1-c1ccccc1. The smallest absolute Gasteiger partial charge is 0.166 e. The largest absolute Gasteiger partial charge is 0.385 e. The summed E-state index contributed by atoms with van der Waals surface area (Å²) in [5.74, 6) is 0.525. The van der Waals surface area contributed by atoms with Crippen LogP contribution in [0, 0.1) is 0 Å². The molecule has 5 nitrogen and oxygen atoms in total. The molecule has 1 heterocycles. The number of hydrogen-bond acceptors (Lipinski definition) is 4. The van der Waals surface area contributed by atoms with Crippen molar-refractivity contribution in [3.63, 3.8) is 0 Å². The number of benzene rings is 1. The quantitative estimate of drug-likeness (QED) is 0.790. The Labute approximate surface area is 93.5 Å². The van der Waals surface area contributed by atoms with Crippen molar-refractivity contribution in [2.75, 3.05) is 6.54 Å². The molecule has 0 spiro atoms. The number of aliphatic hydroxyl groups is 1. The van der Waals surface area contributed by atoms with Crippen molar-refractivity contribution < 1.29 is 5.11 Å². The van der Waals surface area contributed by atoms with Crippen LogP contribution in [0.4, 0.5) is 0 Å². The third-order valence-corrected chi connectivity index (χ3v) is 2.35. The van der Waals surface area contributed by atoms with Crippen LogP contribution >= 0.6 is 0 Å². The number of aliphatic hydroxyl groups excluding tert-OH is 1. The minimum atomic E-state index is -0.673. The van der Waals surface area contributed by atoms with E-state index in [-0.39, 0.29) is 0 Å². The highest BCUT2D eigenvalue weighted by Gasteiger charge is 2.14. The molecule has 1 aromatic carbocycles. The molecule has 0 fully saturated rings. The molecule has 0 radical (unpaired) electrons. The van der Waals surface area contributed by atoms with Gasteiger partial charge in [-0.3, -0.25) is 4.57 Å². The van der Waals surface area contributed by atoms with E-state index < -0.39 is 6.10 Å². The van der Waals surface area contributed by atoms with Gasteiger partial charge >= 0.3 is 0 Å². The van der Waals surface area contributed by atoms with Crippen LogP contribution in [0.1, 0.15) is 18.3 Å². The lowest BCUT2D eigenvalue weighted by atomic mass is 10.2. The molecule has 2 rings (SSSR count). The van der Waals surface area contributed by atoms with Crippen LogP contribution in [0.2, 0.25) is 0 Å². The van der Waals surface area contributed by atoms with Gasteiger partial charge in [-0.05, 0) is 25.1 Å². The molecule has 0 aliphatic carbocycles. The van der Waals surface area contributed by atoms with Gasteiger partial charge in [-0.1, -0.05) is 18.2 Å². The molecular formula is C11H14N4O. The average Bonchev–Trinajstić information content (AvgIpc) is 2.79. The lowest BCUT2D eigenvalue weighted by molar-refractivity contribution is 0.158. The first kappa shape index (κ1) is 10.8. The molecular weight excluding hydrogens is 204 g/mol. The van der Waals surface area contributed by atoms with Gasteiger partial charge in [-0.2, -0.15) is 0 Å². The van der Waals surface area contributed by atoms with Gasteiger partial charge < -0.3 is 10.8 Å². The summed E-state index contributed by atoms with van der Waals surface area (Å²) < 4.78 is 1.76. The van der Waals surface area contributed by atoms with Gasteiger partial charge in [0.15, 0.2) is 5.82 Å². The number of rotatable bonds is 4. The average molecular weight is 218 g/mol. The van der Waals surface area contributed by atoms with E-state index in [1.165, 1.54) is 0 Å². The predicted octanol–water partition coefficient (Wildman–Crippen LogP) is 0.649. The number of nitrogens with two attached hydrogens (primary N) is 1. The highest BCUT2D eigenvalue weighted by Crippen LogP contribution is 2.17. The van der Waals surface area contributed by atoms with Crippen LogP contribution in [0.15, 0.2) is 36.7 Å². The van der Waals surface area contributed by atoms with Crippen molar-refractivity contribution in [3.8, 4) is 5.69 Å². The third kappa shape index (κ3) is 2.10. The van der Waals surface area contributed by atoms with Gasteiger partial charge in [0.05, 0.1) is 0 Å². The van der Waals surface area contributed by atoms with Crippen molar-refractivity contribution >= 4 is 0 Å². The Bertz CT molecular complexity index is 440. The maximum atomic E-state index is 9.85. The van der Waals surface area contributed by atoms with Crippen LogP contribution in [0.5, 0.6) is 0 Å². The van der Waals surface area contributed by atoms with Crippen LogP contribution in [0.3, 0.4) is 0 Å². The van der Waals surface area contributed by atoms with E-state index in [0.717, 1.165) is 5.69 Å². The third-order valence-electron chi connectivity index (χ3n) is 2.35. The van der Waals surface area contributed by atoms with Gasteiger partial charge in [-0.25, -0.2) is 0 Å². The molecule has 1 aromatic heterocycles. The summed E-state index contributed by atoms with van der Waals surface area (Å²) >= 11 is 0. The van der Waals surface area contributed by atoms with Crippen LogP contribution in [-0.2, 0) is 0 Å². The van der Waals surface area contributed by atoms with Gasteiger partial charge in [0, 0.05) is 5.69 Å². The van der Waals surface area contributed by atoms with E-state index in [2.05, 4.69) is 10.2 Å². The maximum Gasteiger partial charge on any atom is 0.166 e. The first-order valence-electron chi connectivity index (χ1n) is 5.16. The van der Waals surface area contributed by atoms with Crippen molar-refractivity contribution in [2.24, 2.45) is 5.73 Å². The normalized spacial score (nSPS) is 12.6. The highest BCUT2D eigenvalue weighted by molar-refractivity contribution is 5.32. The van der Waals surface area contributed by atoms with Crippen LogP contribution < -0.4 is 5.73 Å². The minimum absolute atomic E-state index is 0.419. The summed E-state index contributed by atoms with van der Waals surface area (Å²) in [6.45, 7) is 0.419. The lowest BCUT2D eigenvalue weighted by Gasteiger charge is -2.10. The number of hydrogen-bond donors (Lipinski definition) is 2. The molecule has 16 heavy (non-hydrogen) atoms. The van der Waals surface area contributed by atoms with Gasteiger partial charge in [-0.15, -0.1) is 10.2 Å². The molecule has 84 valence electrons. The highest BCUT2D eigenvalue weighted by atomic mass is 16.3. The van der Waals surface area contributed by atoms with Gasteiger partial charge in [0.25, 0.3) is 0 Å². The van der Waals surface area contributed by atoms with Crippen molar-refractivity contribution in [1.82, 2.24) is 14.8 Å². The number of nitrogens with zero attached hydrogens (tertiary/aromatic N) is 3. The van der Waals surface area contributed by atoms with E-state index >= 15 is 0 Å². The monoisotopic (exact) mass is 218 g/mol. The van der Waals surface area contributed by atoms with Gasteiger partial charge in [0.1, 0.15) is 12.4 Å². The molecule has 0 aliphatic heterocycles. The molecule has 5 heteroatoms. The Balaban J connectivity index is 2.33. The van der Waals surface area contributed by atoms with E-state index in [1.54, 1.807) is 10.9 Å². The Morgan fingerprint density at radius 2 is 2.06 bits per heavy atom. The molecule has 0 amide bonds. The van der Waals surface area contributed by atoms with Crippen molar-refractivity contribution in [1.29, 1.82) is 0 Å². The van der Waals surface area contributed by atoms with E-state index in [4.69, 9.17) is 5.73 Å².